The number of hydrogen-bond donors (Lipinski definition) is 3. The van der Waals surface area contributed by atoms with Gasteiger partial charge in [0.25, 0.3) is 0 Å². The fourth-order valence-corrected chi connectivity index (χ4v) is 1.75. The number of phenols is 1. The van der Waals surface area contributed by atoms with Crippen LogP contribution in [0, 0.1) is 5.82 Å². The number of phenolic OH excluding ortho intramolecular Hbond substituents is 1. The van der Waals surface area contributed by atoms with Crippen LogP contribution in [0.3, 0.4) is 0 Å². The summed E-state index contributed by atoms with van der Waals surface area (Å²) in [6.07, 6.45) is 0. The molecule has 0 aliphatic rings. The first-order valence-electron chi connectivity index (χ1n) is 6.27. The SMILES string of the molecule is COc1ccccc1NC(N)=NCc1ccc(O)c(F)c1.I. The molecule has 5 nitrogen and oxygen atoms in total. The lowest BCUT2D eigenvalue weighted by Gasteiger charge is -2.10. The molecule has 2 rings (SSSR count). The molecule has 0 saturated carbocycles. The predicted molar refractivity (Wildman–Crippen MR) is 95.4 cm³/mol. The van der Waals surface area contributed by atoms with Crippen LogP contribution < -0.4 is 15.8 Å². The lowest BCUT2D eigenvalue weighted by atomic mass is 10.2. The van der Waals surface area contributed by atoms with E-state index in [0.717, 1.165) is 0 Å². The summed E-state index contributed by atoms with van der Waals surface area (Å²) < 4.78 is 18.4. The van der Waals surface area contributed by atoms with Gasteiger partial charge in [-0.1, -0.05) is 18.2 Å². The Morgan fingerprint density at radius 3 is 2.73 bits per heavy atom. The van der Waals surface area contributed by atoms with E-state index in [4.69, 9.17) is 15.6 Å². The van der Waals surface area contributed by atoms with E-state index in [9.17, 15) is 4.39 Å². The van der Waals surface area contributed by atoms with Crippen LogP contribution in [0.2, 0.25) is 0 Å². The van der Waals surface area contributed by atoms with Crippen LogP contribution in [0.1, 0.15) is 5.56 Å². The maximum absolute atomic E-state index is 13.2. The normalized spacial score (nSPS) is 10.7. The molecule has 0 atom stereocenters. The van der Waals surface area contributed by atoms with Crippen molar-refractivity contribution in [3.63, 3.8) is 0 Å². The largest absolute Gasteiger partial charge is 0.505 e. The minimum atomic E-state index is -0.682. The van der Waals surface area contributed by atoms with E-state index in [1.807, 2.05) is 12.1 Å². The fourth-order valence-electron chi connectivity index (χ4n) is 1.75. The van der Waals surface area contributed by atoms with Gasteiger partial charge >= 0.3 is 0 Å². The molecule has 0 radical (unpaired) electrons. The highest BCUT2D eigenvalue weighted by Crippen LogP contribution is 2.22. The molecule has 0 saturated heterocycles. The highest BCUT2D eigenvalue weighted by Gasteiger charge is 2.03. The first kappa shape index (κ1) is 18.0. The first-order chi connectivity index (χ1) is 10.1. The van der Waals surface area contributed by atoms with E-state index in [-0.39, 0.29) is 42.2 Å². The molecule has 22 heavy (non-hydrogen) atoms. The monoisotopic (exact) mass is 417 g/mol. The molecule has 0 spiro atoms. The average Bonchev–Trinajstić information content (AvgIpc) is 2.49. The molecule has 0 bridgehead atoms. The molecule has 0 aliphatic heterocycles. The topological polar surface area (TPSA) is 79.9 Å². The third-order valence-electron chi connectivity index (χ3n) is 2.81. The molecule has 0 amide bonds. The summed E-state index contributed by atoms with van der Waals surface area (Å²) >= 11 is 0. The van der Waals surface area contributed by atoms with Crippen molar-refractivity contribution < 1.29 is 14.2 Å². The second-order valence-corrected chi connectivity index (χ2v) is 4.31. The molecule has 2 aromatic rings. The van der Waals surface area contributed by atoms with Crippen LogP contribution in [0.25, 0.3) is 0 Å². The van der Waals surface area contributed by atoms with E-state index in [1.54, 1.807) is 25.3 Å². The van der Waals surface area contributed by atoms with E-state index in [1.165, 1.54) is 12.1 Å². The Kier molecular flexibility index (Phi) is 6.90. The predicted octanol–water partition coefficient (Wildman–Crippen LogP) is 3.08. The highest BCUT2D eigenvalue weighted by atomic mass is 127. The van der Waals surface area contributed by atoms with Gasteiger partial charge in [0.05, 0.1) is 19.3 Å². The van der Waals surface area contributed by atoms with Gasteiger partial charge in [-0.25, -0.2) is 9.38 Å². The van der Waals surface area contributed by atoms with Crippen molar-refractivity contribution in [2.45, 2.75) is 6.54 Å². The van der Waals surface area contributed by atoms with Crippen LogP contribution >= 0.6 is 24.0 Å². The number of nitrogens with one attached hydrogen (secondary N) is 1. The first-order valence-corrected chi connectivity index (χ1v) is 6.27. The quantitative estimate of drug-likeness (QED) is 0.406. The number of halogens is 2. The van der Waals surface area contributed by atoms with Crippen molar-refractivity contribution in [3.8, 4) is 11.5 Å². The summed E-state index contributed by atoms with van der Waals surface area (Å²) in [6, 6.07) is 11.4. The van der Waals surface area contributed by atoms with Crippen LogP contribution in [0.4, 0.5) is 10.1 Å². The Morgan fingerprint density at radius 1 is 1.32 bits per heavy atom. The number of benzene rings is 2. The van der Waals surface area contributed by atoms with E-state index in [2.05, 4.69) is 10.3 Å². The Morgan fingerprint density at radius 2 is 2.05 bits per heavy atom. The third kappa shape index (κ3) is 4.76. The number of para-hydroxylation sites is 2. The van der Waals surface area contributed by atoms with Crippen molar-refractivity contribution in [2.75, 3.05) is 12.4 Å². The molecule has 118 valence electrons. The molecule has 0 aliphatic carbocycles. The van der Waals surface area contributed by atoms with Gasteiger partial charge in [0.1, 0.15) is 5.75 Å². The maximum Gasteiger partial charge on any atom is 0.193 e. The van der Waals surface area contributed by atoms with Gasteiger partial charge < -0.3 is 20.9 Å². The average molecular weight is 417 g/mol. The number of hydrogen-bond acceptors (Lipinski definition) is 3. The zero-order valence-electron chi connectivity index (χ0n) is 11.9. The van der Waals surface area contributed by atoms with Gasteiger partial charge in [0, 0.05) is 0 Å². The zero-order valence-corrected chi connectivity index (χ0v) is 14.2. The number of aromatic hydroxyl groups is 1. The fraction of sp³-hybridized carbons (Fsp3) is 0.133. The number of aliphatic imine (C=N–C) groups is 1. The van der Waals surface area contributed by atoms with Crippen LogP contribution in [-0.4, -0.2) is 18.2 Å². The zero-order chi connectivity index (χ0) is 15.2. The van der Waals surface area contributed by atoms with Crippen LogP contribution in [-0.2, 0) is 6.54 Å². The van der Waals surface area contributed by atoms with E-state index in [0.29, 0.717) is 17.0 Å². The summed E-state index contributed by atoms with van der Waals surface area (Å²) in [5, 5.41) is 12.0. The summed E-state index contributed by atoms with van der Waals surface area (Å²) in [6.45, 7) is 0.200. The second kappa shape index (κ2) is 8.42. The lowest BCUT2D eigenvalue weighted by Crippen LogP contribution is -2.22. The number of nitrogens with two attached hydrogens (primary N) is 1. The van der Waals surface area contributed by atoms with Gasteiger partial charge in [-0.05, 0) is 29.8 Å². The summed E-state index contributed by atoms with van der Waals surface area (Å²) in [7, 11) is 1.56. The van der Waals surface area contributed by atoms with Gasteiger partial charge in [-0.15, -0.1) is 24.0 Å². The molecule has 0 aromatic heterocycles. The molecule has 0 fully saturated rings. The summed E-state index contributed by atoms with van der Waals surface area (Å²) in [5.41, 5.74) is 7.08. The molecule has 7 heteroatoms. The molecular formula is C15H17FIN3O2. The lowest BCUT2D eigenvalue weighted by molar-refractivity contribution is 0.417. The second-order valence-electron chi connectivity index (χ2n) is 4.31. The van der Waals surface area contributed by atoms with Crippen molar-refractivity contribution in [1.29, 1.82) is 0 Å². The van der Waals surface area contributed by atoms with Crippen LogP contribution in [0.5, 0.6) is 11.5 Å². The molecule has 2 aromatic carbocycles. The number of methoxy groups -OCH3 is 1. The summed E-state index contributed by atoms with van der Waals surface area (Å²) in [5.74, 6) is -0.235. The van der Waals surface area contributed by atoms with Crippen LogP contribution in [0.15, 0.2) is 47.5 Å². The number of ether oxygens (including phenoxy) is 1. The Labute approximate surface area is 145 Å². The Balaban J connectivity index is 0.00000242. The minimum absolute atomic E-state index is 0. The van der Waals surface area contributed by atoms with Crippen molar-refractivity contribution in [1.82, 2.24) is 0 Å². The Bertz CT molecular complexity index is 665. The van der Waals surface area contributed by atoms with Crippen molar-refractivity contribution in [2.24, 2.45) is 10.7 Å². The molecule has 0 heterocycles. The third-order valence-corrected chi connectivity index (χ3v) is 2.81. The maximum atomic E-state index is 13.2. The molecule has 4 N–H and O–H groups in total. The van der Waals surface area contributed by atoms with Gasteiger partial charge in [-0.2, -0.15) is 0 Å². The highest BCUT2D eigenvalue weighted by molar-refractivity contribution is 14.0. The van der Waals surface area contributed by atoms with E-state index < -0.39 is 5.82 Å². The van der Waals surface area contributed by atoms with Crippen molar-refractivity contribution >= 4 is 35.6 Å². The number of rotatable bonds is 4. The molecule has 0 unspecified atom stereocenters. The summed E-state index contributed by atoms with van der Waals surface area (Å²) in [4.78, 5) is 4.12. The number of anilines is 1. The Hall–Kier alpha value is -2.03. The molecular weight excluding hydrogens is 400 g/mol. The number of guanidine groups is 1. The minimum Gasteiger partial charge on any atom is -0.505 e. The number of nitrogens with zero attached hydrogens (tertiary/aromatic N) is 1. The van der Waals surface area contributed by atoms with Gasteiger partial charge in [0.2, 0.25) is 0 Å². The smallest absolute Gasteiger partial charge is 0.193 e. The van der Waals surface area contributed by atoms with E-state index >= 15 is 0 Å². The van der Waals surface area contributed by atoms with Crippen molar-refractivity contribution in [3.05, 3.63) is 53.8 Å². The van der Waals surface area contributed by atoms with Gasteiger partial charge in [-0.3, -0.25) is 0 Å². The standard InChI is InChI=1S/C15H16FN3O2.HI/c1-21-14-5-3-2-4-12(14)19-15(17)18-9-10-6-7-13(20)11(16)8-10;/h2-8,20H,9H2,1H3,(H3,17,18,19);1H. The van der Waals surface area contributed by atoms with Gasteiger partial charge in [0.15, 0.2) is 17.5 Å².